The molecule has 92 valence electrons. The van der Waals surface area contributed by atoms with Gasteiger partial charge in [0.1, 0.15) is 5.75 Å². The van der Waals surface area contributed by atoms with Crippen LogP contribution in [0.3, 0.4) is 0 Å². The van der Waals surface area contributed by atoms with Crippen LogP contribution in [0.1, 0.15) is 11.1 Å². The van der Waals surface area contributed by atoms with Gasteiger partial charge in [0.2, 0.25) is 0 Å². The van der Waals surface area contributed by atoms with Gasteiger partial charge in [-0.3, -0.25) is 0 Å². The minimum Gasteiger partial charge on any atom is -0.497 e. The van der Waals surface area contributed by atoms with Crippen molar-refractivity contribution in [1.29, 1.82) is 0 Å². The first kappa shape index (κ1) is 12.9. The lowest BCUT2D eigenvalue weighted by molar-refractivity contribution is 0.414. The molecule has 2 aromatic rings. The zero-order chi connectivity index (χ0) is 12.8. The molecule has 2 rings (SSSR count). The Morgan fingerprint density at radius 1 is 1.06 bits per heavy atom. The van der Waals surface area contributed by atoms with E-state index in [2.05, 4.69) is 58.4 Å². The lowest BCUT2D eigenvalue weighted by atomic mass is 9.98. The third-order valence-corrected chi connectivity index (χ3v) is 3.07. The van der Waals surface area contributed by atoms with Gasteiger partial charge < -0.3 is 4.74 Å². The molecule has 0 atom stereocenters. The molecular weight excluding hydrogens is 288 g/mol. The van der Waals surface area contributed by atoms with Gasteiger partial charge >= 0.3 is 0 Å². The van der Waals surface area contributed by atoms with Crippen molar-refractivity contribution in [2.24, 2.45) is 0 Å². The van der Waals surface area contributed by atoms with Gasteiger partial charge in [0.15, 0.2) is 0 Å². The molecule has 18 heavy (non-hydrogen) atoms. The maximum absolute atomic E-state index is 5.28. The maximum Gasteiger partial charge on any atom is 0.119 e. The van der Waals surface area contributed by atoms with Crippen molar-refractivity contribution in [2.45, 2.75) is 0 Å². The second-order valence-electron chi connectivity index (χ2n) is 3.87. The summed E-state index contributed by atoms with van der Waals surface area (Å²) in [5, 5.41) is 0.828. The molecule has 0 aliphatic carbocycles. The number of ether oxygens (including phenoxy) is 1. The molecule has 2 heteroatoms. The first-order valence-corrected chi connectivity index (χ1v) is 6.93. The first-order chi connectivity index (χ1) is 8.85. The first-order valence-electron chi connectivity index (χ1n) is 5.81. The van der Waals surface area contributed by atoms with Gasteiger partial charge in [-0.05, 0) is 28.8 Å². The van der Waals surface area contributed by atoms with Crippen LogP contribution >= 0.6 is 15.9 Å². The van der Waals surface area contributed by atoms with E-state index >= 15 is 0 Å². The fraction of sp³-hybridized carbons (Fsp3) is 0.125. The summed E-state index contributed by atoms with van der Waals surface area (Å²) in [5.74, 6) is 0.879. The van der Waals surface area contributed by atoms with Crippen molar-refractivity contribution in [3.63, 3.8) is 0 Å². The highest BCUT2D eigenvalue weighted by atomic mass is 79.9. The molecule has 0 radical (unpaired) electrons. The average Bonchev–Trinajstić information content (AvgIpc) is 2.46. The topological polar surface area (TPSA) is 9.23 Å². The molecule has 0 spiro atoms. The lowest BCUT2D eigenvalue weighted by Crippen LogP contribution is -1.90. The molecule has 0 aliphatic heterocycles. The molecule has 0 saturated heterocycles. The molecule has 0 heterocycles. The fourth-order valence-electron chi connectivity index (χ4n) is 1.89. The molecule has 0 amide bonds. The highest BCUT2D eigenvalue weighted by Gasteiger charge is 2.05. The summed E-state index contributed by atoms with van der Waals surface area (Å²) in [6, 6.07) is 18.5. The van der Waals surface area contributed by atoms with Gasteiger partial charge in [-0.1, -0.05) is 64.5 Å². The van der Waals surface area contributed by atoms with Crippen molar-refractivity contribution in [1.82, 2.24) is 0 Å². The van der Waals surface area contributed by atoms with E-state index < -0.39 is 0 Å². The van der Waals surface area contributed by atoms with Crippen molar-refractivity contribution in [3.05, 3.63) is 71.8 Å². The van der Waals surface area contributed by atoms with Crippen molar-refractivity contribution in [3.8, 4) is 5.75 Å². The maximum atomic E-state index is 5.28. The van der Waals surface area contributed by atoms with Gasteiger partial charge in [-0.25, -0.2) is 0 Å². The van der Waals surface area contributed by atoms with E-state index in [1.807, 2.05) is 18.2 Å². The Morgan fingerprint density at radius 3 is 2.44 bits per heavy atom. The molecule has 0 aromatic heterocycles. The van der Waals surface area contributed by atoms with Crippen molar-refractivity contribution >= 4 is 21.5 Å². The molecule has 1 nitrogen and oxygen atoms in total. The van der Waals surface area contributed by atoms with Crippen LogP contribution in [0.15, 0.2) is 60.7 Å². The normalized spacial score (nSPS) is 11.3. The summed E-state index contributed by atoms with van der Waals surface area (Å²) >= 11 is 3.47. The van der Waals surface area contributed by atoms with E-state index in [1.165, 1.54) is 16.7 Å². The molecule has 0 bridgehead atoms. The molecule has 2 aromatic carbocycles. The quantitative estimate of drug-likeness (QED) is 0.754. The highest BCUT2D eigenvalue weighted by Crippen LogP contribution is 2.26. The van der Waals surface area contributed by atoms with Gasteiger partial charge in [0.05, 0.1) is 7.11 Å². The lowest BCUT2D eigenvalue weighted by Gasteiger charge is -2.09. The summed E-state index contributed by atoms with van der Waals surface area (Å²) in [7, 11) is 1.69. The zero-order valence-electron chi connectivity index (χ0n) is 10.3. The largest absolute Gasteiger partial charge is 0.497 e. The predicted octanol–water partition coefficient (Wildman–Crippen LogP) is 4.52. The van der Waals surface area contributed by atoms with Crippen LogP contribution in [-0.4, -0.2) is 12.4 Å². The van der Waals surface area contributed by atoms with Gasteiger partial charge in [-0.2, -0.15) is 0 Å². The molecule has 0 aliphatic rings. The van der Waals surface area contributed by atoms with Gasteiger partial charge in [0, 0.05) is 5.33 Å². The Bertz CT molecular complexity index is 532. The summed E-state index contributed by atoms with van der Waals surface area (Å²) < 4.78 is 5.28. The predicted molar refractivity (Wildman–Crippen MR) is 80.3 cm³/mol. The summed E-state index contributed by atoms with van der Waals surface area (Å²) in [6.07, 6.45) is 2.17. The van der Waals surface area contributed by atoms with Crippen LogP contribution < -0.4 is 4.74 Å². The molecular formula is C16H15BrO. The van der Waals surface area contributed by atoms with Crippen LogP contribution in [0.25, 0.3) is 5.57 Å². The number of benzene rings is 2. The third kappa shape index (κ3) is 3.02. The summed E-state index contributed by atoms with van der Waals surface area (Å²) in [5.41, 5.74) is 3.59. The SMILES string of the molecule is COc1cccc(/C(=C/CBr)c2ccccc2)c1. The number of methoxy groups -OCH3 is 1. The second-order valence-corrected chi connectivity index (χ2v) is 4.52. The summed E-state index contributed by atoms with van der Waals surface area (Å²) in [6.45, 7) is 0. The Hall–Kier alpha value is -1.54. The Morgan fingerprint density at radius 2 is 1.78 bits per heavy atom. The number of hydrogen-bond donors (Lipinski definition) is 0. The minimum absolute atomic E-state index is 0.828. The van der Waals surface area contributed by atoms with Crippen LogP contribution in [0.2, 0.25) is 0 Å². The van der Waals surface area contributed by atoms with E-state index in [-0.39, 0.29) is 0 Å². The fourth-order valence-corrected chi connectivity index (χ4v) is 2.21. The van der Waals surface area contributed by atoms with Crippen LogP contribution in [-0.2, 0) is 0 Å². The Kier molecular flexibility index (Phi) is 4.59. The van der Waals surface area contributed by atoms with E-state index in [0.29, 0.717) is 0 Å². The van der Waals surface area contributed by atoms with E-state index in [9.17, 15) is 0 Å². The third-order valence-electron chi connectivity index (χ3n) is 2.75. The number of alkyl halides is 1. The number of allylic oxidation sites excluding steroid dienone is 1. The molecule has 0 saturated carbocycles. The monoisotopic (exact) mass is 302 g/mol. The molecule has 0 unspecified atom stereocenters. The average molecular weight is 303 g/mol. The van der Waals surface area contributed by atoms with Crippen molar-refractivity contribution < 1.29 is 4.74 Å². The van der Waals surface area contributed by atoms with Crippen LogP contribution in [0, 0.1) is 0 Å². The zero-order valence-corrected chi connectivity index (χ0v) is 11.9. The summed E-state index contributed by atoms with van der Waals surface area (Å²) in [4.78, 5) is 0. The highest BCUT2D eigenvalue weighted by molar-refractivity contribution is 9.09. The van der Waals surface area contributed by atoms with Crippen molar-refractivity contribution in [2.75, 3.05) is 12.4 Å². The smallest absolute Gasteiger partial charge is 0.119 e. The Balaban J connectivity index is 2.45. The standard InChI is InChI=1S/C16H15BrO/c1-18-15-9-5-8-14(12-15)16(10-11-17)13-6-3-2-4-7-13/h2-10,12H,11H2,1H3/b16-10+. The van der Waals surface area contributed by atoms with E-state index in [4.69, 9.17) is 4.74 Å². The van der Waals surface area contributed by atoms with Crippen LogP contribution in [0.5, 0.6) is 5.75 Å². The number of hydrogen-bond acceptors (Lipinski definition) is 1. The van der Waals surface area contributed by atoms with Crippen LogP contribution in [0.4, 0.5) is 0 Å². The van der Waals surface area contributed by atoms with E-state index in [0.717, 1.165) is 11.1 Å². The number of halogens is 1. The van der Waals surface area contributed by atoms with Gasteiger partial charge in [-0.15, -0.1) is 0 Å². The molecule has 0 fully saturated rings. The number of rotatable bonds is 4. The second kappa shape index (κ2) is 6.41. The van der Waals surface area contributed by atoms with E-state index in [1.54, 1.807) is 7.11 Å². The molecule has 0 N–H and O–H groups in total. The minimum atomic E-state index is 0.828. The van der Waals surface area contributed by atoms with Gasteiger partial charge in [0.25, 0.3) is 0 Å². The Labute approximate surface area is 116 Å².